The fourth-order valence-electron chi connectivity index (χ4n) is 1.96. The van der Waals surface area contributed by atoms with Crippen molar-refractivity contribution in [1.82, 2.24) is 9.97 Å². The van der Waals surface area contributed by atoms with Gasteiger partial charge in [0.1, 0.15) is 5.82 Å². The fourth-order valence-corrected chi connectivity index (χ4v) is 2.28. The molecule has 0 amide bonds. The molecular formula is C14H11Cl2F3N2O. The number of nitrogens with zero attached hydrogens (tertiary/aromatic N) is 1. The SMILES string of the molecule is CCc1nc(C(F)(F)F)c(Cc2ccc(Cl)c(Cl)c2)c(=O)[nH]1. The van der Waals surface area contributed by atoms with Crippen LogP contribution >= 0.6 is 23.2 Å². The molecule has 2 aromatic rings. The van der Waals surface area contributed by atoms with Crippen LogP contribution in [0.15, 0.2) is 23.0 Å². The van der Waals surface area contributed by atoms with E-state index in [0.717, 1.165) is 0 Å². The maximum Gasteiger partial charge on any atom is 0.433 e. The van der Waals surface area contributed by atoms with Crippen LogP contribution in [0.2, 0.25) is 10.0 Å². The Balaban J connectivity index is 2.54. The Labute approximate surface area is 134 Å². The first-order valence-corrected chi connectivity index (χ1v) is 7.11. The summed E-state index contributed by atoms with van der Waals surface area (Å²) >= 11 is 11.6. The summed E-state index contributed by atoms with van der Waals surface area (Å²) < 4.78 is 39.4. The summed E-state index contributed by atoms with van der Waals surface area (Å²) in [5.41, 5.74) is -1.97. The predicted octanol–water partition coefficient (Wildman–Crippen LogP) is 4.25. The van der Waals surface area contributed by atoms with Crippen molar-refractivity contribution in [3.63, 3.8) is 0 Å². The van der Waals surface area contributed by atoms with E-state index in [1.165, 1.54) is 18.2 Å². The predicted molar refractivity (Wildman–Crippen MR) is 78.5 cm³/mol. The molecule has 22 heavy (non-hydrogen) atoms. The van der Waals surface area contributed by atoms with Crippen molar-refractivity contribution in [3.05, 3.63) is 61.2 Å². The first-order chi connectivity index (χ1) is 10.2. The Bertz CT molecular complexity index is 757. The molecule has 1 aromatic carbocycles. The minimum absolute atomic E-state index is 0.00443. The average Bonchev–Trinajstić information content (AvgIpc) is 2.43. The van der Waals surface area contributed by atoms with Crippen molar-refractivity contribution in [2.45, 2.75) is 25.9 Å². The van der Waals surface area contributed by atoms with Gasteiger partial charge in [0.25, 0.3) is 5.56 Å². The molecule has 0 aliphatic carbocycles. The molecule has 0 saturated heterocycles. The number of H-pyrrole nitrogens is 1. The Hall–Kier alpha value is -1.53. The van der Waals surface area contributed by atoms with Gasteiger partial charge in [-0.1, -0.05) is 36.2 Å². The maximum absolute atomic E-state index is 13.1. The highest BCUT2D eigenvalue weighted by Crippen LogP contribution is 2.31. The van der Waals surface area contributed by atoms with Crippen LogP contribution in [0.3, 0.4) is 0 Å². The summed E-state index contributed by atoms with van der Waals surface area (Å²) in [5.74, 6) is -0.00443. The highest BCUT2D eigenvalue weighted by molar-refractivity contribution is 6.42. The third kappa shape index (κ3) is 3.62. The van der Waals surface area contributed by atoms with E-state index in [9.17, 15) is 18.0 Å². The zero-order valence-electron chi connectivity index (χ0n) is 11.4. The number of aromatic amines is 1. The molecule has 1 aromatic heterocycles. The molecule has 0 atom stereocenters. The monoisotopic (exact) mass is 350 g/mol. The van der Waals surface area contributed by atoms with Crippen LogP contribution in [0, 0.1) is 0 Å². The van der Waals surface area contributed by atoms with Gasteiger partial charge in [0.05, 0.1) is 15.6 Å². The van der Waals surface area contributed by atoms with E-state index in [4.69, 9.17) is 23.2 Å². The van der Waals surface area contributed by atoms with Gasteiger partial charge in [0, 0.05) is 12.8 Å². The fraction of sp³-hybridized carbons (Fsp3) is 0.286. The molecule has 0 fully saturated rings. The number of hydrogen-bond acceptors (Lipinski definition) is 2. The van der Waals surface area contributed by atoms with Crippen molar-refractivity contribution >= 4 is 23.2 Å². The van der Waals surface area contributed by atoms with E-state index < -0.39 is 23.0 Å². The largest absolute Gasteiger partial charge is 0.433 e. The zero-order chi connectivity index (χ0) is 16.5. The first-order valence-electron chi connectivity index (χ1n) is 6.35. The molecule has 0 aliphatic heterocycles. The second kappa shape index (κ2) is 6.30. The number of aryl methyl sites for hydroxylation is 1. The number of aromatic nitrogens is 2. The summed E-state index contributed by atoms with van der Waals surface area (Å²) in [5, 5.41) is 0.497. The molecule has 0 saturated carbocycles. The minimum Gasteiger partial charge on any atom is -0.310 e. The topological polar surface area (TPSA) is 45.8 Å². The number of alkyl halides is 3. The summed E-state index contributed by atoms with van der Waals surface area (Å²) in [4.78, 5) is 17.8. The molecule has 0 aliphatic rings. The molecule has 0 radical (unpaired) electrons. The van der Waals surface area contributed by atoms with E-state index in [2.05, 4.69) is 9.97 Å². The number of benzene rings is 1. The van der Waals surface area contributed by atoms with Gasteiger partial charge in [-0.2, -0.15) is 13.2 Å². The third-order valence-electron chi connectivity index (χ3n) is 3.03. The molecule has 118 valence electrons. The number of nitrogens with one attached hydrogen (secondary N) is 1. The Kier molecular flexibility index (Phi) is 4.82. The molecule has 0 bridgehead atoms. The van der Waals surface area contributed by atoms with Gasteiger partial charge in [-0.3, -0.25) is 4.79 Å². The molecular weight excluding hydrogens is 340 g/mol. The Morgan fingerprint density at radius 3 is 2.45 bits per heavy atom. The summed E-state index contributed by atoms with van der Waals surface area (Å²) in [6, 6.07) is 4.41. The van der Waals surface area contributed by atoms with Gasteiger partial charge >= 0.3 is 6.18 Å². The molecule has 1 heterocycles. The van der Waals surface area contributed by atoms with Gasteiger partial charge in [-0.15, -0.1) is 0 Å². The maximum atomic E-state index is 13.1. The van der Waals surface area contributed by atoms with Crippen LogP contribution in [0.1, 0.15) is 29.6 Å². The van der Waals surface area contributed by atoms with Crippen LogP contribution in [-0.4, -0.2) is 9.97 Å². The summed E-state index contributed by atoms with van der Waals surface area (Å²) in [6.45, 7) is 1.61. The van der Waals surface area contributed by atoms with E-state index >= 15 is 0 Å². The van der Waals surface area contributed by atoms with Crippen LogP contribution in [-0.2, 0) is 19.0 Å². The smallest absolute Gasteiger partial charge is 0.310 e. The minimum atomic E-state index is -4.70. The zero-order valence-corrected chi connectivity index (χ0v) is 12.9. The van der Waals surface area contributed by atoms with Crippen LogP contribution < -0.4 is 5.56 Å². The number of halogens is 5. The lowest BCUT2D eigenvalue weighted by Gasteiger charge is -2.12. The number of hydrogen-bond donors (Lipinski definition) is 1. The first kappa shape index (κ1) is 16.8. The average molecular weight is 351 g/mol. The molecule has 3 nitrogen and oxygen atoms in total. The van der Waals surface area contributed by atoms with E-state index in [0.29, 0.717) is 5.56 Å². The highest BCUT2D eigenvalue weighted by atomic mass is 35.5. The highest BCUT2D eigenvalue weighted by Gasteiger charge is 2.37. The van der Waals surface area contributed by atoms with Crippen LogP contribution in [0.4, 0.5) is 13.2 Å². The lowest BCUT2D eigenvalue weighted by atomic mass is 10.0. The Morgan fingerprint density at radius 1 is 1.23 bits per heavy atom. The standard InChI is InChI=1S/C14H11Cl2F3N2O/c1-2-11-20-12(14(17,18)19)8(13(22)21-11)5-7-3-4-9(15)10(16)6-7/h3-4,6H,2,5H2,1H3,(H,20,21,22). The normalized spacial score (nSPS) is 11.7. The summed E-state index contributed by atoms with van der Waals surface area (Å²) in [6.07, 6.45) is -4.74. The molecule has 2 rings (SSSR count). The van der Waals surface area contributed by atoms with Gasteiger partial charge < -0.3 is 4.98 Å². The second-order valence-electron chi connectivity index (χ2n) is 4.62. The lowest BCUT2D eigenvalue weighted by Crippen LogP contribution is -2.25. The quantitative estimate of drug-likeness (QED) is 0.899. The Morgan fingerprint density at radius 2 is 1.91 bits per heavy atom. The lowest BCUT2D eigenvalue weighted by molar-refractivity contribution is -0.142. The van der Waals surface area contributed by atoms with E-state index in [-0.39, 0.29) is 28.7 Å². The summed E-state index contributed by atoms with van der Waals surface area (Å²) in [7, 11) is 0. The van der Waals surface area contributed by atoms with Crippen molar-refractivity contribution in [2.24, 2.45) is 0 Å². The molecule has 0 unspecified atom stereocenters. The van der Waals surface area contributed by atoms with Crippen molar-refractivity contribution < 1.29 is 13.2 Å². The van der Waals surface area contributed by atoms with E-state index in [1.807, 2.05) is 0 Å². The molecule has 8 heteroatoms. The van der Waals surface area contributed by atoms with Crippen molar-refractivity contribution in [3.8, 4) is 0 Å². The third-order valence-corrected chi connectivity index (χ3v) is 3.77. The molecule has 1 N–H and O–H groups in total. The van der Waals surface area contributed by atoms with Crippen LogP contribution in [0.25, 0.3) is 0 Å². The van der Waals surface area contributed by atoms with Gasteiger partial charge in [0.2, 0.25) is 0 Å². The second-order valence-corrected chi connectivity index (χ2v) is 5.43. The van der Waals surface area contributed by atoms with Crippen molar-refractivity contribution in [2.75, 3.05) is 0 Å². The van der Waals surface area contributed by atoms with Gasteiger partial charge in [-0.25, -0.2) is 4.98 Å². The van der Waals surface area contributed by atoms with Crippen LogP contribution in [0.5, 0.6) is 0 Å². The molecule has 0 spiro atoms. The van der Waals surface area contributed by atoms with Crippen molar-refractivity contribution in [1.29, 1.82) is 0 Å². The number of rotatable bonds is 3. The van der Waals surface area contributed by atoms with Gasteiger partial charge in [0.15, 0.2) is 5.69 Å². The van der Waals surface area contributed by atoms with Gasteiger partial charge in [-0.05, 0) is 17.7 Å². The van der Waals surface area contributed by atoms with E-state index in [1.54, 1.807) is 6.92 Å².